The first-order chi connectivity index (χ1) is 7.15. The number of allylic oxidation sites excluding steroid dienone is 1. The maximum atomic E-state index is 6.06. The molecule has 1 saturated heterocycles. The Kier molecular flexibility index (Phi) is 3.20. The van der Waals surface area contributed by atoms with Crippen LogP contribution in [0, 0.1) is 23.7 Å². The number of ether oxygens (including phenoxy) is 1. The van der Waals surface area contributed by atoms with E-state index in [0.717, 1.165) is 18.4 Å². The smallest absolute Gasteiger partial charge is 0.0642 e. The van der Waals surface area contributed by atoms with E-state index in [2.05, 4.69) is 33.8 Å². The van der Waals surface area contributed by atoms with Gasteiger partial charge < -0.3 is 4.74 Å². The molecule has 0 aromatic rings. The van der Waals surface area contributed by atoms with Gasteiger partial charge in [0.15, 0.2) is 0 Å². The predicted octanol–water partition coefficient (Wildman–Crippen LogP) is 3.65. The highest BCUT2D eigenvalue weighted by atomic mass is 16.5. The largest absolute Gasteiger partial charge is 0.377 e. The van der Waals surface area contributed by atoms with Crippen LogP contribution in [-0.2, 0) is 4.74 Å². The van der Waals surface area contributed by atoms with Gasteiger partial charge in [-0.15, -0.1) is 0 Å². The van der Waals surface area contributed by atoms with Gasteiger partial charge in [-0.1, -0.05) is 38.8 Å². The number of hydrogen-bond acceptors (Lipinski definition) is 1. The van der Waals surface area contributed by atoms with Crippen LogP contribution in [0.4, 0.5) is 0 Å². The summed E-state index contributed by atoms with van der Waals surface area (Å²) in [5, 5.41) is 0. The molecule has 86 valence electrons. The molecule has 1 aliphatic heterocycles. The molecule has 2 aliphatic rings. The van der Waals surface area contributed by atoms with Crippen molar-refractivity contribution in [3.8, 4) is 0 Å². The average Bonchev–Trinajstić information content (AvgIpc) is 2.15. The second-order valence-corrected chi connectivity index (χ2v) is 5.48. The summed E-state index contributed by atoms with van der Waals surface area (Å²) in [6, 6.07) is 0. The van der Waals surface area contributed by atoms with E-state index >= 15 is 0 Å². The van der Waals surface area contributed by atoms with Gasteiger partial charge >= 0.3 is 0 Å². The van der Waals surface area contributed by atoms with Gasteiger partial charge in [0.05, 0.1) is 12.7 Å². The normalized spacial score (nSPS) is 45.1. The van der Waals surface area contributed by atoms with Gasteiger partial charge in [-0.3, -0.25) is 0 Å². The Morgan fingerprint density at radius 2 is 2.13 bits per heavy atom. The molecule has 0 spiro atoms. The van der Waals surface area contributed by atoms with Crippen molar-refractivity contribution in [1.82, 2.24) is 0 Å². The molecule has 0 saturated carbocycles. The monoisotopic (exact) mass is 208 g/mol. The van der Waals surface area contributed by atoms with Crippen molar-refractivity contribution < 1.29 is 4.74 Å². The van der Waals surface area contributed by atoms with Gasteiger partial charge in [0.25, 0.3) is 0 Å². The molecule has 1 heteroatoms. The number of fused-ring (bicyclic) bond motifs is 2. The molecule has 1 fully saturated rings. The van der Waals surface area contributed by atoms with Crippen LogP contribution in [0.1, 0.15) is 40.5 Å². The minimum atomic E-state index is 0.491. The van der Waals surface area contributed by atoms with Gasteiger partial charge in [-0.25, -0.2) is 0 Å². The first-order valence-corrected chi connectivity index (χ1v) is 6.45. The van der Waals surface area contributed by atoms with Crippen molar-refractivity contribution in [2.45, 2.75) is 46.6 Å². The van der Waals surface area contributed by atoms with E-state index in [1.54, 1.807) is 5.57 Å². The highest BCUT2D eigenvalue weighted by molar-refractivity contribution is 5.16. The van der Waals surface area contributed by atoms with Gasteiger partial charge in [-0.05, 0) is 31.1 Å². The summed E-state index contributed by atoms with van der Waals surface area (Å²) in [5.41, 5.74) is 1.57. The Balaban J connectivity index is 2.22. The van der Waals surface area contributed by atoms with Crippen LogP contribution >= 0.6 is 0 Å². The van der Waals surface area contributed by atoms with E-state index < -0.39 is 0 Å². The molecule has 15 heavy (non-hydrogen) atoms. The quantitative estimate of drug-likeness (QED) is 0.629. The van der Waals surface area contributed by atoms with Crippen molar-refractivity contribution in [2.24, 2.45) is 23.7 Å². The zero-order valence-electron chi connectivity index (χ0n) is 10.5. The first-order valence-electron chi connectivity index (χ1n) is 6.45. The molecular weight excluding hydrogens is 184 g/mol. The lowest BCUT2D eigenvalue weighted by Crippen LogP contribution is -2.46. The van der Waals surface area contributed by atoms with Gasteiger partial charge in [0, 0.05) is 5.92 Å². The van der Waals surface area contributed by atoms with Crippen LogP contribution < -0.4 is 0 Å². The number of rotatable bonds is 2. The van der Waals surface area contributed by atoms with E-state index in [0.29, 0.717) is 17.9 Å². The van der Waals surface area contributed by atoms with Crippen molar-refractivity contribution in [3.63, 3.8) is 0 Å². The number of hydrogen-bond donors (Lipinski definition) is 0. The molecule has 1 heterocycles. The summed E-state index contributed by atoms with van der Waals surface area (Å²) in [4.78, 5) is 0. The topological polar surface area (TPSA) is 9.23 Å². The van der Waals surface area contributed by atoms with Crippen LogP contribution in [0.5, 0.6) is 0 Å². The summed E-state index contributed by atoms with van der Waals surface area (Å²) in [5.74, 6) is 2.97. The van der Waals surface area contributed by atoms with Crippen LogP contribution in [0.3, 0.4) is 0 Å². The second-order valence-electron chi connectivity index (χ2n) is 5.48. The van der Waals surface area contributed by atoms with Crippen molar-refractivity contribution in [2.75, 3.05) is 6.61 Å². The SMILES string of the molecule is CCC[C@@H]1OC[C@@H]2[C@@H](C)[C@H]1C(C)=C[C@H]2C. The molecule has 0 unspecified atom stereocenters. The Labute approximate surface area is 93.9 Å². The molecule has 5 atom stereocenters. The average molecular weight is 208 g/mol. The molecule has 1 nitrogen and oxygen atoms in total. The minimum absolute atomic E-state index is 0.491. The van der Waals surface area contributed by atoms with Crippen molar-refractivity contribution in [1.29, 1.82) is 0 Å². The molecule has 0 aromatic heterocycles. The molecular formula is C14H24O. The Morgan fingerprint density at radius 3 is 2.80 bits per heavy atom. The second kappa shape index (κ2) is 4.29. The summed E-state index contributed by atoms with van der Waals surface area (Å²) < 4.78 is 6.06. The molecule has 2 rings (SSSR count). The minimum Gasteiger partial charge on any atom is -0.377 e. The highest BCUT2D eigenvalue weighted by Gasteiger charge is 2.42. The Bertz CT molecular complexity index is 256. The zero-order valence-corrected chi connectivity index (χ0v) is 10.5. The van der Waals surface area contributed by atoms with E-state index in [1.165, 1.54) is 12.8 Å². The van der Waals surface area contributed by atoms with Gasteiger partial charge in [0.2, 0.25) is 0 Å². The van der Waals surface area contributed by atoms with E-state index in [9.17, 15) is 0 Å². The Morgan fingerprint density at radius 1 is 1.40 bits per heavy atom. The molecule has 0 N–H and O–H groups in total. The van der Waals surface area contributed by atoms with Crippen molar-refractivity contribution >= 4 is 0 Å². The fourth-order valence-corrected chi connectivity index (χ4v) is 3.63. The van der Waals surface area contributed by atoms with E-state index in [-0.39, 0.29) is 0 Å². The standard InChI is InChI=1S/C14H24O/c1-5-6-13-14-10(3)7-9(2)12(8-15-13)11(14)4/h7,9,11-14H,5-6,8H2,1-4H3/t9-,11-,12+,13+,14-/m1/s1. The molecule has 0 radical (unpaired) electrons. The molecule has 0 amide bonds. The third kappa shape index (κ3) is 1.87. The third-order valence-electron chi connectivity index (χ3n) is 4.45. The van der Waals surface area contributed by atoms with E-state index in [4.69, 9.17) is 4.74 Å². The summed E-state index contributed by atoms with van der Waals surface area (Å²) in [6.45, 7) is 10.3. The first kappa shape index (κ1) is 11.2. The molecule has 2 bridgehead atoms. The zero-order chi connectivity index (χ0) is 11.0. The summed E-state index contributed by atoms with van der Waals surface area (Å²) >= 11 is 0. The lowest BCUT2D eigenvalue weighted by molar-refractivity contribution is -0.0939. The third-order valence-corrected chi connectivity index (χ3v) is 4.45. The fraction of sp³-hybridized carbons (Fsp3) is 0.857. The summed E-state index contributed by atoms with van der Waals surface area (Å²) in [6.07, 6.45) is 5.44. The van der Waals surface area contributed by atoms with Crippen LogP contribution in [-0.4, -0.2) is 12.7 Å². The maximum absolute atomic E-state index is 6.06. The highest BCUT2D eigenvalue weighted by Crippen LogP contribution is 2.45. The lowest BCUT2D eigenvalue weighted by atomic mass is 9.65. The lowest BCUT2D eigenvalue weighted by Gasteiger charge is -2.47. The van der Waals surface area contributed by atoms with Gasteiger partial charge in [-0.2, -0.15) is 0 Å². The molecule has 0 aromatic carbocycles. The van der Waals surface area contributed by atoms with E-state index in [1.807, 2.05) is 0 Å². The molecule has 1 aliphatic carbocycles. The predicted molar refractivity (Wildman–Crippen MR) is 63.7 cm³/mol. The Hall–Kier alpha value is -0.300. The van der Waals surface area contributed by atoms with Gasteiger partial charge in [0.1, 0.15) is 0 Å². The van der Waals surface area contributed by atoms with Crippen LogP contribution in [0.25, 0.3) is 0 Å². The summed E-state index contributed by atoms with van der Waals surface area (Å²) in [7, 11) is 0. The fourth-order valence-electron chi connectivity index (χ4n) is 3.63. The van der Waals surface area contributed by atoms with Crippen LogP contribution in [0.2, 0.25) is 0 Å². The van der Waals surface area contributed by atoms with Crippen molar-refractivity contribution in [3.05, 3.63) is 11.6 Å². The maximum Gasteiger partial charge on any atom is 0.0642 e. The van der Waals surface area contributed by atoms with Crippen LogP contribution in [0.15, 0.2) is 11.6 Å².